The zero-order chi connectivity index (χ0) is 26.0. The summed E-state index contributed by atoms with van der Waals surface area (Å²) >= 11 is 5.22. The average Bonchev–Trinajstić information content (AvgIpc) is 2.87. The second kappa shape index (κ2) is 10.5. The first-order chi connectivity index (χ1) is 17.2. The summed E-state index contributed by atoms with van der Waals surface area (Å²) in [6.07, 6.45) is 0. The fourth-order valence-electron chi connectivity index (χ4n) is 3.98. The third kappa shape index (κ3) is 5.11. The van der Waals surface area contributed by atoms with Gasteiger partial charge in [-0.3, -0.25) is 10.1 Å². The second-order valence-electron chi connectivity index (χ2n) is 8.16. The summed E-state index contributed by atoms with van der Waals surface area (Å²) in [6, 6.07) is 14.2. The van der Waals surface area contributed by atoms with Crippen molar-refractivity contribution in [1.29, 1.82) is 0 Å². The summed E-state index contributed by atoms with van der Waals surface area (Å²) in [4.78, 5) is 15.5. The van der Waals surface area contributed by atoms with E-state index in [1.54, 1.807) is 36.4 Å². The Hall–Kier alpha value is -3.73. The average molecular weight is 521 g/mol. The normalized spacial score (nSPS) is 13.5. The Morgan fingerprint density at radius 1 is 0.778 bits per heavy atom. The highest BCUT2D eigenvalue weighted by atomic mass is 32.1. The van der Waals surface area contributed by atoms with Gasteiger partial charge < -0.3 is 15.1 Å². The first kappa shape index (κ1) is 25.4. The molecule has 36 heavy (non-hydrogen) atoms. The Kier molecular flexibility index (Phi) is 7.39. The number of nitrogens with one attached hydrogen (secondary N) is 2. The number of rotatable bonds is 4. The Bertz CT molecular complexity index is 1280. The molecule has 11 heteroatoms. The van der Waals surface area contributed by atoms with E-state index in [4.69, 9.17) is 12.2 Å². The van der Waals surface area contributed by atoms with E-state index in [0.717, 1.165) is 16.2 Å². The highest BCUT2D eigenvalue weighted by Gasteiger charge is 2.30. The van der Waals surface area contributed by atoms with Crippen molar-refractivity contribution in [2.75, 3.05) is 41.3 Å². The van der Waals surface area contributed by atoms with Gasteiger partial charge in [-0.25, -0.2) is 22.0 Å². The largest absolute Gasteiger partial charge is 0.368 e. The predicted octanol–water partition coefficient (Wildman–Crippen LogP) is 5.14. The molecule has 1 aliphatic heterocycles. The van der Waals surface area contributed by atoms with Crippen LogP contribution in [0.15, 0.2) is 48.5 Å². The number of benzene rings is 3. The SMILES string of the molecule is Cc1ccccc1C(=O)NC(=S)Nc1ccc(N2CCN(c3c(F)c(F)c(F)c(F)c3F)CC2)cc1. The lowest BCUT2D eigenvalue weighted by atomic mass is 10.1. The van der Waals surface area contributed by atoms with Gasteiger partial charge in [0.15, 0.2) is 28.4 Å². The third-order valence-corrected chi connectivity index (χ3v) is 6.09. The molecule has 0 atom stereocenters. The van der Waals surface area contributed by atoms with E-state index in [1.165, 1.54) is 0 Å². The summed E-state index contributed by atoms with van der Waals surface area (Å²) in [5.74, 6) is -10.1. The maximum absolute atomic E-state index is 14.1. The smallest absolute Gasteiger partial charge is 0.257 e. The van der Waals surface area contributed by atoms with E-state index in [-0.39, 0.29) is 24.1 Å². The van der Waals surface area contributed by atoms with E-state index in [2.05, 4.69) is 10.6 Å². The van der Waals surface area contributed by atoms with Crippen molar-refractivity contribution < 1.29 is 26.7 Å². The molecule has 188 valence electrons. The van der Waals surface area contributed by atoms with Gasteiger partial charge in [0.1, 0.15) is 5.69 Å². The van der Waals surface area contributed by atoms with Gasteiger partial charge in [-0.15, -0.1) is 0 Å². The van der Waals surface area contributed by atoms with Crippen molar-refractivity contribution in [1.82, 2.24) is 5.32 Å². The molecule has 1 aliphatic rings. The number of thiocarbonyl (C=S) groups is 1. The minimum Gasteiger partial charge on any atom is -0.368 e. The quantitative estimate of drug-likeness (QED) is 0.216. The molecule has 4 rings (SSSR count). The van der Waals surface area contributed by atoms with Crippen LogP contribution in [0.5, 0.6) is 0 Å². The maximum atomic E-state index is 14.1. The Balaban J connectivity index is 1.35. The molecule has 1 heterocycles. The number of piperazine rings is 1. The molecule has 0 aromatic heterocycles. The van der Waals surface area contributed by atoms with Crippen LogP contribution in [0.4, 0.5) is 39.0 Å². The number of carbonyl (C=O) groups excluding carboxylic acids is 1. The van der Waals surface area contributed by atoms with E-state index >= 15 is 0 Å². The molecular weight excluding hydrogens is 499 g/mol. The monoisotopic (exact) mass is 520 g/mol. The molecule has 0 aliphatic carbocycles. The lowest BCUT2D eigenvalue weighted by molar-refractivity contribution is 0.0977. The van der Waals surface area contributed by atoms with Crippen LogP contribution in [-0.2, 0) is 0 Å². The number of nitrogens with zero attached hydrogens (tertiary/aromatic N) is 2. The van der Waals surface area contributed by atoms with Crippen LogP contribution in [0.1, 0.15) is 15.9 Å². The summed E-state index contributed by atoms with van der Waals surface area (Å²) in [5.41, 5.74) is 1.86. The van der Waals surface area contributed by atoms with Crippen molar-refractivity contribution in [3.63, 3.8) is 0 Å². The number of amides is 1. The number of halogens is 5. The fourth-order valence-corrected chi connectivity index (χ4v) is 4.19. The molecule has 0 saturated carbocycles. The standard InChI is InChI=1S/C25H21F5N4OS/c1-14-4-2-3-5-17(14)24(35)32-25(36)31-15-6-8-16(9-7-15)33-10-12-34(13-11-33)23-21(29)19(27)18(26)20(28)22(23)30/h2-9H,10-13H2,1H3,(H2,31,32,35,36). The van der Waals surface area contributed by atoms with E-state index in [9.17, 15) is 26.7 Å². The molecule has 3 aromatic rings. The van der Waals surface area contributed by atoms with Crippen molar-refractivity contribution >= 4 is 40.3 Å². The Labute approximate surface area is 209 Å². The molecule has 1 amide bonds. The Morgan fingerprint density at radius 2 is 1.31 bits per heavy atom. The molecule has 0 radical (unpaired) electrons. The summed E-state index contributed by atoms with van der Waals surface area (Å²) in [7, 11) is 0. The highest BCUT2D eigenvalue weighted by Crippen LogP contribution is 2.31. The Morgan fingerprint density at radius 3 is 1.89 bits per heavy atom. The number of hydrogen-bond donors (Lipinski definition) is 2. The van der Waals surface area contributed by atoms with E-state index in [1.807, 2.05) is 24.0 Å². The molecule has 0 bridgehead atoms. The third-order valence-electron chi connectivity index (χ3n) is 5.89. The molecule has 0 spiro atoms. The van der Waals surface area contributed by atoms with Crippen molar-refractivity contribution in [3.8, 4) is 0 Å². The highest BCUT2D eigenvalue weighted by molar-refractivity contribution is 7.80. The predicted molar refractivity (Wildman–Crippen MR) is 132 cm³/mol. The molecule has 5 nitrogen and oxygen atoms in total. The zero-order valence-electron chi connectivity index (χ0n) is 19.0. The molecule has 1 saturated heterocycles. The number of aryl methyl sites for hydroxylation is 1. The van der Waals surface area contributed by atoms with Gasteiger partial charge in [0.05, 0.1) is 0 Å². The summed E-state index contributed by atoms with van der Waals surface area (Å²) in [6.45, 7) is 2.56. The van der Waals surface area contributed by atoms with Crippen LogP contribution in [0.3, 0.4) is 0 Å². The molecule has 0 unspecified atom stereocenters. The van der Waals surface area contributed by atoms with Gasteiger partial charge in [-0.2, -0.15) is 0 Å². The summed E-state index contributed by atoms with van der Waals surface area (Å²) in [5, 5.41) is 5.70. The molecule has 3 aromatic carbocycles. The molecular formula is C25H21F5N4OS. The van der Waals surface area contributed by atoms with Crippen LogP contribution >= 0.6 is 12.2 Å². The fraction of sp³-hybridized carbons (Fsp3) is 0.200. The zero-order valence-corrected chi connectivity index (χ0v) is 19.9. The first-order valence-corrected chi connectivity index (χ1v) is 11.4. The molecule has 1 fully saturated rings. The van der Waals surface area contributed by atoms with Gasteiger partial charge in [-0.05, 0) is 55.0 Å². The van der Waals surface area contributed by atoms with Gasteiger partial charge in [0.2, 0.25) is 5.82 Å². The molecule has 2 N–H and O–H groups in total. The van der Waals surface area contributed by atoms with Crippen LogP contribution < -0.4 is 20.4 Å². The number of carbonyl (C=O) groups is 1. The van der Waals surface area contributed by atoms with Crippen LogP contribution in [-0.4, -0.2) is 37.2 Å². The van der Waals surface area contributed by atoms with Crippen LogP contribution in [0.25, 0.3) is 0 Å². The number of anilines is 3. The van der Waals surface area contributed by atoms with Crippen molar-refractivity contribution in [2.24, 2.45) is 0 Å². The number of hydrogen-bond acceptors (Lipinski definition) is 4. The van der Waals surface area contributed by atoms with Crippen molar-refractivity contribution in [3.05, 3.63) is 88.7 Å². The summed E-state index contributed by atoms with van der Waals surface area (Å²) < 4.78 is 68.7. The lowest BCUT2D eigenvalue weighted by Gasteiger charge is -2.37. The van der Waals surface area contributed by atoms with Crippen molar-refractivity contribution in [2.45, 2.75) is 6.92 Å². The van der Waals surface area contributed by atoms with Crippen LogP contribution in [0, 0.1) is 36.0 Å². The van der Waals surface area contributed by atoms with Gasteiger partial charge in [0, 0.05) is 43.1 Å². The minimum absolute atomic E-state index is 0.0629. The first-order valence-electron chi connectivity index (χ1n) is 11.0. The van der Waals surface area contributed by atoms with Gasteiger partial charge in [-0.1, -0.05) is 18.2 Å². The van der Waals surface area contributed by atoms with E-state index < -0.39 is 34.8 Å². The van der Waals surface area contributed by atoms with Gasteiger partial charge >= 0.3 is 0 Å². The topological polar surface area (TPSA) is 47.6 Å². The van der Waals surface area contributed by atoms with Crippen LogP contribution in [0.2, 0.25) is 0 Å². The minimum atomic E-state index is -2.17. The van der Waals surface area contributed by atoms with E-state index in [0.29, 0.717) is 24.3 Å². The second-order valence-corrected chi connectivity index (χ2v) is 8.57. The van der Waals surface area contributed by atoms with Gasteiger partial charge in [0.25, 0.3) is 5.91 Å². The lowest BCUT2D eigenvalue weighted by Crippen LogP contribution is -2.47. The maximum Gasteiger partial charge on any atom is 0.257 e.